The molecule has 150 valence electrons. The molecule has 2 aromatic rings. The van der Waals surface area contributed by atoms with Crippen LogP contribution >= 0.6 is 11.6 Å². The van der Waals surface area contributed by atoms with Gasteiger partial charge in [0.2, 0.25) is 5.91 Å². The first kappa shape index (κ1) is 20.4. The summed E-state index contributed by atoms with van der Waals surface area (Å²) in [5.41, 5.74) is 1.22. The van der Waals surface area contributed by atoms with E-state index in [2.05, 4.69) is 21.2 Å². The van der Waals surface area contributed by atoms with E-state index in [1.165, 1.54) is 12.1 Å². The van der Waals surface area contributed by atoms with Gasteiger partial charge in [0.25, 0.3) is 0 Å². The Balaban J connectivity index is 1.59. The number of carbonyl (C=O) groups excluding carboxylic acids is 1. The third-order valence-corrected chi connectivity index (χ3v) is 5.17. The zero-order chi connectivity index (χ0) is 20.1. The Kier molecular flexibility index (Phi) is 6.75. The number of nitrogens with one attached hydrogen (secondary N) is 1. The van der Waals surface area contributed by atoms with E-state index in [0.717, 1.165) is 37.6 Å². The Morgan fingerprint density at radius 2 is 1.93 bits per heavy atom. The van der Waals surface area contributed by atoms with Gasteiger partial charge in [0.1, 0.15) is 11.6 Å². The van der Waals surface area contributed by atoms with Crippen molar-refractivity contribution >= 4 is 28.9 Å². The van der Waals surface area contributed by atoms with E-state index in [1.54, 1.807) is 6.07 Å². The highest BCUT2D eigenvalue weighted by atomic mass is 35.5. The van der Waals surface area contributed by atoms with Crippen molar-refractivity contribution in [2.75, 3.05) is 43.0 Å². The quantitative estimate of drug-likeness (QED) is 0.788. The number of hydrogen-bond acceptors (Lipinski definition) is 4. The van der Waals surface area contributed by atoms with E-state index in [9.17, 15) is 9.18 Å². The molecule has 1 N–H and O–H groups in total. The summed E-state index contributed by atoms with van der Waals surface area (Å²) >= 11 is 5.76. The minimum Gasteiger partial charge on any atom is -0.492 e. The van der Waals surface area contributed by atoms with Gasteiger partial charge >= 0.3 is 0 Å². The minimum absolute atomic E-state index is 0.144. The van der Waals surface area contributed by atoms with Crippen molar-refractivity contribution in [3.8, 4) is 5.75 Å². The minimum atomic E-state index is -0.537. The second-order valence-corrected chi connectivity index (χ2v) is 7.15. The van der Waals surface area contributed by atoms with Gasteiger partial charge in [0, 0.05) is 31.2 Å². The lowest BCUT2D eigenvalue weighted by atomic mass is 10.2. The standard InChI is InChI=1S/C21H25ClFN3O2/c1-3-28-20-7-5-4-6-19(20)26-12-10-25(11-13-26)15(2)21(27)24-18-9-8-16(22)14-17(18)23/h4-9,14-15H,3,10-13H2,1-2H3,(H,24,27)/t15-/m1/s1. The van der Waals surface area contributed by atoms with E-state index >= 15 is 0 Å². The lowest BCUT2D eigenvalue weighted by Gasteiger charge is -2.39. The normalized spacial score (nSPS) is 15.9. The van der Waals surface area contributed by atoms with Gasteiger partial charge in [-0.05, 0) is 44.2 Å². The van der Waals surface area contributed by atoms with Gasteiger partial charge in [-0.1, -0.05) is 23.7 Å². The number of piperazine rings is 1. The number of hydrogen-bond donors (Lipinski definition) is 1. The molecule has 0 radical (unpaired) electrons. The van der Waals surface area contributed by atoms with Gasteiger partial charge in [0.15, 0.2) is 0 Å². The molecule has 0 aromatic heterocycles. The van der Waals surface area contributed by atoms with Crippen LogP contribution in [0.25, 0.3) is 0 Å². The Labute approximate surface area is 170 Å². The summed E-state index contributed by atoms with van der Waals surface area (Å²) in [6, 6.07) is 11.9. The van der Waals surface area contributed by atoms with Crippen LogP contribution in [0.1, 0.15) is 13.8 Å². The molecule has 7 heteroatoms. The summed E-state index contributed by atoms with van der Waals surface area (Å²) in [5.74, 6) is 0.109. The fourth-order valence-corrected chi connectivity index (χ4v) is 3.50. The van der Waals surface area contributed by atoms with Gasteiger partial charge < -0.3 is 15.0 Å². The number of ether oxygens (including phenoxy) is 1. The Morgan fingerprint density at radius 3 is 2.61 bits per heavy atom. The van der Waals surface area contributed by atoms with Gasteiger partial charge in [-0.2, -0.15) is 0 Å². The molecule has 3 rings (SSSR count). The maximum atomic E-state index is 13.9. The molecule has 1 saturated heterocycles. The average Bonchev–Trinajstić information content (AvgIpc) is 2.70. The van der Waals surface area contributed by atoms with E-state index < -0.39 is 5.82 Å². The Bertz CT molecular complexity index is 825. The van der Waals surface area contributed by atoms with Crippen LogP contribution in [0.3, 0.4) is 0 Å². The third kappa shape index (κ3) is 4.75. The zero-order valence-electron chi connectivity index (χ0n) is 16.1. The van der Waals surface area contributed by atoms with Gasteiger partial charge in [-0.15, -0.1) is 0 Å². The lowest BCUT2D eigenvalue weighted by Crippen LogP contribution is -2.53. The van der Waals surface area contributed by atoms with E-state index in [1.807, 2.05) is 32.0 Å². The maximum Gasteiger partial charge on any atom is 0.241 e. The highest BCUT2D eigenvalue weighted by molar-refractivity contribution is 6.30. The van der Waals surface area contributed by atoms with Crippen LogP contribution in [0.2, 0.25) is 5.02 Å². The molecule has 1 aliphatic heterocycles. The highest BCUT2D eigenvalue weighted by Gasteiger charge is 2.27. The van der Waals surface area contributed by atoms with Gasteiger partial charge in [0.05, 0.1) is 24.0 Å². The number of para-hydroxylation sites is 2. The van der Waals surface area contributed by atoms with Crippen LogP contribution in [-0.4, -0.2) is 49.6 Å². The summed E-state index contributed by atoms with van der Waals surface area (Å²) in [4.78, 5) is 16.9. The molecule has 2 aromatic carbocycles. The van der Waals surface area contributed by atoms with Crippen molar-refractivity contribution in [2.45, 2.75) is 19.9 Å². The number of rotatable bonds is 6. The van der Waals surface area contributed by atoms with Crippen molar-refractivity contribution in [2.24, 2.45) is 0 Å². The molecule has 1 aliphatic rings. The van der Waals surface area contributed by atoms with Crippen LogP contribution < -0.4 is 15.0 Å². The first-order valence-electron chi connectivity index (χ1n) is 9.46. The first-order chi connectivity index (χ1) is 13.5. The summed E-state index contributed by atoms with van der Waals surface area (Å²) in [7, 11) is 0. The van der Waals surface area contributed by atoms with Crippen LogP contribution in [0.5, 0.6) is 5.75 Å². The molecule has 1 heterocycles. The van der Waals surface area contributed by atoms with Crippen molar-refractivity contribution in [1.29, 1.82) is 0 Å². The Morgan fingerprint density at radius 1 is 1.21 bits per heavy atom. The van der Waals surface area contributed by atoms with E-state index in [4.69, 9.17) is 16.3 Å². The topological polar surface area (TPSA) is 44.8 Å². The second-order valence-electron chi connectivity index (χ2n) is 6.71. The molecule has 0 bridgehead atoms. The second kappa shape index (κ2) is 9.26. The summed E-state index contributed by atoms with van der Waals surface area (Å²) in [6.07, 6.45) is 0. The zero-order valence-corrected chi connectivity index (χ0v) is 16.9. The SMILES string of the molecule is CCOc1ccccc1N1CCN([C@H](C)C(=O)Nc2ccc(Cl)cc2F)CC1. The molecule has 0 unspecified atom stereocenters. The van der Waals surface area contributed by atoms with Gasteiger partial charge in [-0.3, -0.25) is 9.69 Å². The number of benzene rings is 2. The first-order valence-corrected chi connectivity index (χ1v) is 9.84. The van der Waals surface area contributed by atoms with Crippen molar-refractivity contribution in [1.82, 2.24) is 4.90 Å². The summed E-state index contributed by atoms with van der Waals surface area (Å²) < 4.78 is 19.6. The van der Waals surface area contributed by atoms with Crippen LogP contribution in [0.4, 0.5) is 15.8 Å². The molecule has 28 heavy (non-hydrogen) atoms. The predicted molar refractivity (Wildman–Crippen MR) is 111 cm³/mol. The number of halogens is 2. The summed E-state index contributed by atoms with van der Waals surface area (Å²) in [5, 5.41) is 2.95. The van der Waals surface area contributed by atoms with Gasteiger partial charge in [-0.25, -0.2) is 4.39 Å². The largest absolute Gasteiger partial charge is 0.492 e. The van der Waals surface area contributed by atoms with E-state index in [0.29, 0.717) is 11.6 Å². The number of amides is 1. The van der Waals surface area contributed by atoms with Crippen molar-refractivity contribution in [3.63, 3.8) is 0 Å². The van der Waals surface area contributed by atoms with Crippen LogP contribution in [0.15, 0.2) is 42.5 Å². The molecule has 1 fully saturated rings. The van der Waals surface area contributed by atoms with Crippen molar-refractivity contribution < 1.29 is 13.9 Å². The highest BCUT2D eigenvalue weighted by Crippen LogP contribution is 2.29. The molecule has 0 saturated carbocycles. The summed E-state index contributed by atoms with van der Waals surface area (Å²) in [6.45, 7) is 7.48. The fourth-order valence-electron chi connectivity index (χ4n) is 3.34. The monoisotopic (exact) mass is 405 g/mol. The molecule has 0 spiro atoms. The third-order valence-electron chi connectivity index (χ3n) is 4.94. The predicted octanol–water partition coefficient (Wildman–Crippen LogP) is 4.03. The molecular weight excluding hydrogens is 381 g/mol. The van der Waals surface area contributed by atoms with Crippen LogP contribution in [0, 0.1) is 5.82 Å². The fraction of sp³-hybridized carbons (Fsp3) is 0.381. The Hall–Kier alpha value is -2.31. The number of anilines is 2. The van der Waals surface area contributed by atoms with E-state index in [-0.39, 0.29) is 17.6 Å². The molecule has 1 atom stereocenters. The molecule has 5 nitrogen and oxygen atoms in total. The van der Waals surface area contributed by atoms with Crippen LogP contribution in [-0.2, 0) is 4.79 Å². The molecule has 0 aliphatic carbocycles. The average molecular weight is 406 g/mol. The number of carbonyl (C=O) groups is 1. The van der Waals surface area contributed by atoms with Crippen molar-refractivity contribution in [3.05, 3.63) is 53.3 Å². The molecular formula is C21H25ClFN3O2. The number of nitrogens with zero attached hydrogens (tertiary/aromatic N) is 2. The lowest BCUT2D eigenvalue weighted by molar-refractivity contribution is -0.120. The molecule has 1 amide bonds. The smallest absolute Gasteiger partial charge is 0.241 e. The maximum absolute atomic E-state index is 13.9.